The molecule has 44 valence electrons. The van der Waals surface area contributed by atoms with E-state index in [1.807, 2.05) is 0 Å². The molecule has 0 fully saturated rings. The van der Waals surface area contributed by atoms with Crippen LogP contribution >= 0.6 is 32.0 Å². The quantitative estimate of drug-likeness (QED) is 0.492. The molecule has 0 aromatic heterocycles. The van der Waals surface area contributed by atoms with Crippen molar-refractivity contribution in [1.82, 2.24) is 0 Å². The fourth-order valence-electron chi connectivity index (χ4n) is 0. The Balaban J connectivity index is -0.00000000900. The van der Waals surface area contributed by atoms with E-state index in [4.69, 9.17) is 0 Å². The minimum Gasteiger partial charge on any atom is -0.680 e. The Morgan fingerprint density at radius 2 is 0.571 bits per heavy atom. The first-order valence-corrected chi connectivity index (χ1v) is 4.17. The van der Waals surface area contributed by atoms with Gasteiger partial charge in [0, 0.05) is 0 Å². The predicted molar refractivity (Wildman–Crippen MR) is 45.4 cm³/mol. The van der Waals surface area contributed by atoms with Crippen LogP contribution in [0.2, 0.25) is 0 Å². The average Bonchev–Trinajstić information content (AvgIpc) is 1.81. The fraction of sp³-hybridized carbons (Fsp3) is 0. The van der Waals surface area contributed by atoms with E-state index in [0.717, 1.165) is 0 Å². The van der Waals surface area contributed by atoms with Crippen molar-refractivity contribution in [3.8, 4) is 0 Å². The zero-order valence-electron chi connectivity index (χ0n) is 2.81. The molecule has 0 saturated carbocycles. The van der Waals surface area contributed by atoms with Gasteiger partial charge in [-0.05, 0) is 0 Å². The minimum atomic E-state index is 0. The number of halogens is 3. The third kappa shape index (κ3) is 52.9. The second kappa shape index (κ2) is 69.8. The van der Waals surface area contributed by atoms with Gasteiger partial charge in [-0.25, -0.2) is 0 Å². The fourth-order valence-corrected chi connectivity index (χ4v) is 0. The van der Waals surface area contributed by atoms with E-state index in [1.54, 1.807) is 0 Å². The van der Waals surface area contributed by atoms with Crippen molar-refractivity contribution in [2.75, 3.05) is 0 Å². The van der Waals surface area contributed by atoms with Crippen molar-refractivity contribution in [3.63, 3.8) is 0 Å². The standard InChI is InChI=1S/3ClS.Sb/c3*1-2;/q3*-1;+3. The van der Waals surface area contributed by atoms with Gasteiger partial charge in [0.05, 0.1) is 0 Å². The molecule has 0 aliphatic heterocycles. The molecule has 0 saturated heterocycles. The van der Waals surface area contributed by atoms with Gasteiger partial charge in [-0.1, -0.05) is 0 Å². The van der Waals surface area contributed by atoms with E-state index in [0.29, 0.717) is 0 Å². The van der Waals surface area contributed by atoms with Crippen LogP contribution in [-0.2, 0) is 35.5 Å². The van der Waals surface area contributed by atoms with E-state index in [-0.39, 0.29) is 24.4 Å². The van der Waals surface area contributed by atoms with Crippen LogP contribution < -0.4 is 0 Å². The Bertz CT molecular complexity index is 10.1. The van der Waals surface area contributed by atoms with Gasteiger partial charge in [0.2, 0.25) is 0 Å². The summed E-state index contributed by atoms with van der Waals surface area (Å²) in [6.07, 6.45) is 0. The second-order valence-electron chi connectivity index (χ2n) is 0. The molecule has 0 bridgehead atoms. The molecule has 0 unspecified atom stereocenters. The van der Waals surface area contributed by atoms with Crippen LogP contribution in [-0.4, -0.2) is 24.4 Å². The van der Waals surface area contributed by atoms with E-state index in [9.17, 15) is 0 Å². The van der Waals surface area contributed by atoms with Gasteiger partial charge in [0.1, 0.15) is 0 Å². The molecule has 0 aliphatic rings. The van der Waals surface area contributed by atoms with Crippen molar-refractivity contribution < 1.29 is 0 Å². The molecule has 2 radical (unpaired) electrons. The molecule has 0 aromatic carbocycles. The van der Waals surface area contributed by atoms with Gasteiger partial charge in [0.15, 0.2) is 0 Å². The van der Waals surface area contributed by atoms with Gasteiger partial charge >= 0.3 is 24.4 Å². The molecule has 0 aromatic rings. The van der Waals surface area contributed by atoms with Crippen LogP contribution in [0.5, 0.6) is 0 Å². The summed E-state index contributed by atoms with van der Waals surface area (Å²) >= 11 is 10.7. The van der Waals surface area contributed by atoms with Crippen LogP contribution in [0.25, 0.3) is 0 Å². The summed E-state index contributed by atoms with van der Waals surface area (Å²) in [6.45, 7) is 0. The molecular formula is Cl3S3Sb. The van der Waals surface area contributed by atoms with Crippen molar-refractivity contribution in [3.05, 3.63) is 0 Å². The molecule has 0 heterocycles. The maximum absolute atomic E-state index is 4.22. The van der Waals surface area contributed by atoms with Crippen LogP contribution in [0.3, 0.4) is 0 Å². The van der Waals surface area contributed by atoms with Gasteiger partial charge in [0.25, 0.3) is 0 Å². The van der Waals surface area contributed by atoms with Gasteiger partial charge < -0.3 is 67.6 Å². The zero-order valence-corrected chi connectivity index (χ0v) is 10.1. The van der Waals surface area contributed by atoms with E-state index in [1.165, 1.54) is 0 Å². The van der Waals surface area contributed by atoms with Crippen molar-refractivity contribution in [2.24, 2.45) is 0 Å². The number of rotatable bonds is 0. The maximum atomic E-state index is 4.22. The van der Waals surface area contributed by atoms with Crippen LogP contribution in [0, 0.1) is 0 Å². The SMILES string of the molecule is [S-]Cl.[S-]Cl.[S-]Cl.[Sb+3]. The normalized spacial score (nSPS) is 2.57. The molecule has 0 spiro atoms. The largest absolute Gasteiger partial charge is 3.00 e. The minimum absolute atomic E-state index is 0. The van der Waals surface area contributed by atoms with Gasteiger partial charge in [-0.2, -0.15) is 0 Å². The zero-order chi connectivity index (χ0) is 6.00. The average molecular weight is 324 g/mol. The summed E-state index contributed by atoms with van der Waals surface area (Å²) in [5.74, 6) is 0. The van der Waals surface area contributed by atoms with E-state index in [2.05, 4.69) is 67.6 Å². The molecule has 7 heteroatoms. The Kier molecular flexibility index (Phi) is 225. The summed E-state index contributed by atoms with van der Waals surface area (Å²) in [4.78, 5) is 0. The van der Waals surface area contributed by atoms with Crippen molar-refractivity contribution >= 4 is 92.0 Å². The molecule has 0 rings (SSSR count). The molecule has 7 heavy (non-hydrogen) atoms. The van der Waals surface area contributed by atoms with Crippen LogP contribution in [0.4, 0.5) is 0 Å². The summed E-state index contributed by atoms with van der Waals surface area (Å²) in [5.41, 5.74) is 0. The summed E-state index contributed by atoms with van der Waals surface area (Å²) in [5, 5.41) is 0. The smallest absolute Gasteiger partial charge is 0.680 e. The first-order valence-electron chi connectivity index (χ1n) is 0.463. The van der Waals surface area contributed by atoms with Gasteiger partial charge in [-0.15, -0.1) is 0 Å². The summed E-state index contributed by atoms with van der Waals surface area (Å²) in [7, 11) is 12.7. The van der Waals surface area contributed by atoms with E-state index >= 15 is 0 Å². The molecule has 0 nitrogen and oxygen atoms in total. The predicted octanol–water partition coefficient (Wildman–Crippen LogP) is 1.68. The molecule has 0 atom stereocenters. The van der Waals surface area contributed by atoms with Crippen LogP contribution in [0.15, 0.2) is 0 Å². The summed E-state index contributed by atoms with van der Waals surface area (Å²) < 4.78 is 0. The molecular weight excluding hydrogens is 324 g/mol. The molecule has 0 amide bonds. The first kappa shape index (κ1) is 22.6. The molecule has 0 N–H and O–H groups in total. The number of hydrogen-bond donors (Lipinski definition) is 0. The van der Waals surface area contributed by atoms with Crippen LogP contribution in [0.1, 0.15) is 0 Å². The maximum Gasteiger partial charge on any atom is 3.00 e. The van der Waals surface area contributed by atoms with E-state index < -0.39 is 0 Å². The Labute approximate surface area is 90.8 Å². The Hall–Kier alpha value is 2.74. The molecule has 0 aliphatic carbocycles. The topological polar surface area (TPSA) is 0 Å². The monoisotopic (exact) mass is 322 g/mol. The van der Waals surface area contributed by atoms with Gasteiger partial charge in [-0.3, -0.25) is 0 Å². The third-order valence-electron chi connectivity index (χ3n) is 0. The third-order valence-corrected chi connectivity index (χ3v) is 0. The second-order valence-corrected chi connectivity index (χ2v) is 0. The Morgan fingerprint density at radius 1 is 0.571 bits per heavy atom. The first-order chi connectivity index (χ1) is 3.00. The van der Waals surface area contributed by atoms with Crippen molar-refractivity contribution in [1.29, 1.82) is 0 Å². The Morgan fingerprint density at radius 3 is 0.571 bits per heavy atom. The number of hydrogen-bond acceptors (Lipinski definition) is 3. The summed E-state index contributed by atoms with van der Waals surface area (Å²) in [6, 6.07) is 0. The van der Waals surface area contributed by atoms with Crippen molar-refractivity contribution in [2.45, 2.75) is 0 Å².